The van der Waals surface area contributed by atoms with Gasteiger partial charge in [0.25, 0.3) is 0 Å². The Kier molecular flexibility index (Phi) is 5.19. The Labute approximate surface area is 111 Å². The normalized spacial score (nSPS) is 21.4. The second-order valence-corrected chi connectivity index (χ2v) is 7.87. The summed E-state index contributed by atoms with van der Waals surface area (Å²) in [5.41, 5.74) is 0. The second kappa shape index (κ2) is 6.00. The van der Waals surface area contributed by atoms with Gasteiger partial charge in [-0.15, -0.1) is 11.8 Å². The van der Waals surface area contributed by atoms with E-state index < -0.39 is 12.0 Å². The number of aliphatic carboxylic acids is 1. The molecule has 98 valence electrons. The maximum Gasteiger partial charge on any atom is 0.327 e. The van der Waals surface area contributed by atoms with E-state index in [4.69, 9.17) is 5.11 Å². The highest BCUT2D eigenvalue weighted by Gasteiger charge is 2.32. The first-order valence-corrected chi connectivity index (χ1v) is 7.69. The second-order valence-electron chi connectivity index (χ2n) is 4.92. The Bertz CT molecular complexity index is 302. The van der Waals surface area contributed by atoms with Gasteiger partial charge >= 0.3 is 5.97 Å². The predicted molar refractivity (Wildman–Crippen MR) is 72.7 cm³/mol. The lowest BCUT2D eigenvalue weighted by molar-refractivity contribution is -0.148. The lowest BCUT2D eigenvalue weighted by Crippen LogP contribution is -2.51. The van der Waals surface area contributed by atoms with Crippen LogP contribution >= 0.6 is 23.5 Å². The van der Waals surface area contributed by atoms with Gasteiger partial charge in [0.2, 0.25) is 5.91 Å². The summed E-state index contributed by atoms with van der Waals surface area (Å²) in [7, 11) is 0. The molecule has 1 amide bonds. The summed E-state index contributed by atoms with van der Waals surface area (Å²) >= 11 is 3.15. The summed E-state index contributed by atoms with van der Waals surface area (Å²) in [4.78, 5) is 24.6. The van der Waals surface area contributed by atoms with Crippen molar-refractivity contribution in [2.45, 2.75) is 31.6 Å². The molecule has 1 atom stereocenters. The molecule has 1 unspecified atom stereocenters. The Morgan fingerprint density at radius 2 is 2.12 bits per heavy atom. The van der Waals surface area contributed by atoms with Gasteiger partial charge in [-0.05, 0) is 0 Å². The molecule has 6 heteroatoms. The van der Waals surface area contributed by atoms with Crippen LogP contribution in [-0.2, 0) is 9.59 Å². The topological polar surface area (TPSA) is 57.6 Å². The van der Waals surface area contributed by atoms with Crippen LogP contribution in [-0.4, -0.2) is 56.5 Å². The predicted octanol–water partition coefficient (Wildman–Crippen LogP) is 1.55. The van der Waals surface area contributed by atoms with Gasteiger partial charge in [0.1, 0.15) is 6.04 Å². The number of hydrogen-bond acceptors (Lipinski definition) is 4. The van der Waals surface area contributed by atoms with Crippen LogP contribution < -0.4 is 0 Å². The van der Waals surface area contributed by atoms with Crippen molar-refractivity contribution in [3.8, 4) is 0 Å². The monoisotopic (exact) mass is 277 g/mol. The maximum atomic E-state index is 12.0. The molecule has 0 aromatic carbocycles. The van der Waals surface area contributed by atoms with E-state index in [1.165, 1.54) is 4.90 Å². The minimum atomic E-state index is -0.897. The van der Waals surface area contributed by atoms with E-state index in [0.29, 0.717) is 18.1 Å². The van der Waals surface area contributed by atoms with Crippen LogP contribution in [0.1, 0.15) is 20.8 Å². The van der Waals surface area contributed by atoms with Gasteiger partial charge in [-0.25, -0.2) is 4.79 Å². The minimum absolute atomic E-state index is 0.0267. The third-order valence-corrected chi connectivity index (χ3v) is 4.64. The van der Waals surface area contributed by atoms with Gasteiger partial charge in [0, 0.05) is 22.8 Å². The molecule has 0 aromatic heterocycles. The summed E-state index contributed by atoms with van der Waals surface area (Å²) in [5, 5.41) is 9.07. The number of nitrogens with zero attached hydrogens (tertiary/aromatic N) is 1. The summed E-state index contributed by atoms with van der Waals surface area (Å²) in [6, 6.07) is -0.651. The molecule has 17 heavy (non-hydrogen) atoms. The van der Waals surface area contributed by atoms with Crippen LogP contribution in [0, 0.1) is 0 Å². The molecule has 1 fully saturated rings. The molecule has 0 spiro atoms. The van der Waals surface area contributed by atoms with Crippen molar-refractivity contribution in [1.82, 2.24) is 4.90 Å². The third kappa shape index (κ3) is 4.79. The summed E-state index contributed by atoms with van der Waals surface area (Å²) in [6.07, 6.45) is 0. The van der Waals surface area contributed by atoms with Crippen molar-refractivity contribution >= 4 is 35.4 Å². The zero-order chi connectivity index (χ0) is 13.1. The fraction of sp³-hybridized carbons (Fsp3) is 0.818. The molecule has 1 aliphatic heterocycles. The molecule has 0 aromatic rings. The van der Waals surface area contributed by atoms with Crippen LogP contribution in [0.15, 0.2) is 0 Å². The average Bonchev–Trinajstić information content (AvgIpc) is 2.25. The van der Waals surface area contributed by atoms with Gasteiger partial charge in [0.15, 0.2) is 0 Å². The van der Waals surface area contributed by atoms with Crippen molar-refractivity contribution in [3.63, 3.8) is 0 Å². The molecule has 0 saturated carbocycles. The fourth-order valence-corrected chi connectivity index (χ4v) is 3.23. The summed E-state index contributed by atoms with van der Waals surface area (Å²) < 4.78 is 0.0267. The molecule has 1 N–H and O–H groups in total. The van der Waals surface area contributed by atoms with Crippen LogP contribution in [0.4, 0.5) is 0 Å². The molecule has 0 aliphatic carbocycles. The summed E-state index contributed by atoms with van der Waals surface area (Å²) in [5.74, 6) is 0.735. The van der Waals surface area contributed by atoms with Crippen molar-refractivity contribution in [3.05, 3.63) is 0 Å². The number of carbonyl (C=O) groups excluding carboxylic acids is 1. The van der Waals surface area contributed by atoms with Gasteiger partial charge < -0.3 is 10.0 Å². The highest BCUT2D eigenvalue weighted by Crippen LogP contribution is 2.25. The number of carboxylic acid groups (broad SMARTS) is 1. The van der Waals surface area contributed by atoms with Gasteiger partial charge in [-0.3, -0.25) is 4.79 Å². The first-order valence-electron chi connectivity index (χ1n) is 5.55. The number of hydrogen-bond donors (Lipinski definition) is 1. The van der Waals surface area contributed by atoms with Crippen LogP contribution in [0.5, 0.6) is 0 Å². The highest BCUT2D eigenvalue weighted by atomic mass is 32.2. The van der Waals surface area contributed by atoms with E-state index in [9.17, 15) is 9.59 Å². The number of carboxylic acids is 1. The lowest BCUT2D eigenvalue weighted by atomic mass is 10.2. The molecule has 1 rings (SSSR count). The smallest absolute Gasteiger partial charge is 0.327 e. The molecule has 1 aliphatic rings. The van der Waals surface area contributed by atoms with E-state index in [0.717, 1.165) is 5.75 Å². The zero-order valence-electron chi connectivity index (χ0n) is 10.4. The van der Waals surface area contributed by atoms with E-state index in [-0.39, 0.29) is 10.7 Å². The molecule has 1 heterocycles. The van der Waals surface area contributed by atoms with Crippen molar-refractivity contribution < 1.29 is 14.7 Å². The Hall–Kier alpha value is -0.360. The quantitative estimate of drug-likeness (QED) is 0.848. The maximum absolute atomic E-state index is 12.0. The Morgan fingerprint density at radius 3 is 2.65 bits per heavy atom. The van der Waals surface area contributed by atoms with Crippen LogP contribution in [0.25, 0.3) is 0 Å². The standard InChI is InChI=1S/C11H19NO3S2/c1-11(2,3)17-7-9(13)12-4-5-16-6-8(12)10(14)15/h8H,4-7H2,1-3H3,(H,14,15). The Balaban J connectivity index is 2.56. The molecule has 4 nitrogen and oxygen atoms in total. The number of rotatable bonds is 3. The van der Waals surface area contributed by atoms with Crippen molar-refractivity contribution in [1.29, 1.82) is 0 Å². The van der Waals surface area contributed by atoms with Gasteiger partial charge in [-0.2, -0.15) is 11.8 Å². The van der Waals surface area contributed by atoms with Crippen molar-refractivity contribution in [2.75, 3.05) is 23.8 Å². The zero-order valence-corrected chi connectivity index (χ0v) is 12.1. The molecular formula is C11H19NO3S2. The number of thioether (sulfide) groups is 2. The molecule has 0 radical (unpaired) electrons. The average molecular weight is 277 g/mol. The minimum Gasteiger partial charge on any atom is -0.480 e. The van der Waals surface area contributed by atoms with Crippen LogP contribution in [0.3, 0.4) is 0 Å². The first kappa shape index (κ1) is 14.7. The van der Waals surface area contributed by atoms with Gasteiger partial charge in [-0.1, -0.05) is 20.8 Å². The summed E-state index contributed by atoms with van der Waals surface area (Å²) in [6.45, 7) is 6.69. The lowest BCUT2D eigenvalue weighted by Gasteiger charge is -2.33. The van der Waals surface area contributed by atoms with E-state index >= 15 is 0 Å². The van der Waals surface area contributed by atoms with E-state index in [1.807, 2.05) is 20.8 Å². The van der Waals surface area contributed by atoms with Gasteiger partial charge in [0.05, 0.1) is 5.75 Å². The number of carbonyl (C=O) groups is 2. The van der Waals surface area contributed by atoms with Crippen LogP contribution in [0.2, 0.25) is 0 Å². The molecule has 1 saturated heterocycles. The fourth-order valence-electron chi connectivity index (χ4n) is 1.47. The Morgan fingerprint density at radius 1 is 1.47 bits per heavy atom. The highest BCUT2D eigenvalue weighted by molar-refractivity contribution is 8.01. The SMILES string of the molecule is CC(C)(C)SCC(=O)N1CCSCC1C(=O)O. The van der Waals surface area contributed by atoms with E-state index in [1.54, 1.807) is 23.5 Å². The van der Waals surface area contributed by atoms with Crippen molar-refractivity contribution in [2.24, 2.45) is 0 Å². The third-order valence-electron chi connectivity index (χ3n) is 2.36. The number of amides is 1. The molecular weight excluding hydrogens is 258 g/mol. The largest absolute Gasteiger partial charge is 0.480 e. The molecule has 0 bridgehead atoms. The van der Waals surface area contributed by atoms with E-state index in [2.05, 4.69) is 0 Å². The first-order chi connectivity index (χ1) is 7.81.